The van der Waals surface area contributed by atoms with Crippen LogP contribution in [0.15, 0.2) is 6.33 Å². The predicted molar refractivity (Wildman–Crippen MR) is 111 cm³/mol. The highest BCUT2D eigenvalue weighted by molar-refractivity contribution is 6.28. The van der Waals surface area contributed by atoms with Gasteiger partial charge in [0.1, 0.15) is 6.10 Å². The van der Waals surface area contributed by atoms with Crippen LogP contribution in [0.1, 0.15) is 51.0 Å². The predicted octanol–water partition coefficient (Wildman–Crippen LogP) is 2.14. The molecule has 0 radical (unpaired) electrons. The van der Waals surface area contributed by atoms with Gasteiger partial charge in [0.2, 0.25) is 5.28 Å². The van der Waals surface area contributed by atoms with Crippen LogP contribution in [0.4, 0.5) is 5.82 Å². The third kappa shape index (κ3) is 2.60. The number of imidazole rings is 1. The van der Waals surface area contributed by atoms with E-state index < -0.39 is 17.6 Å². The number of anilines is 1. The second-order valence-electron chi connectivity index (χ2n) is 9.85. The van der Waals surface area contributed by atoms with Gasteiger partial charge in [-0.15, -0.1) is 0 Å². The lowest BCUT2D eigenvalue weighted by atomic mass is 9.68. The van der Waals surface area contributed by atoms with Gasteiger partial charge in [0, 0.05) is 11.5 Å². The van der Waals surface area contributed by atoms with Crippen molar-refractivity contribution in [3.05, 3.63) is 11.6 Å². The number of hydrogen-bond donors (Lipinski definition) is 4. The van der Waals surface area contributed by atoms with Crippen molar-refractivity contribution < 1.29 is 15.3 Å². The molecular formula is C21H28ClN5O3. The fourth-order valence-corrected chi connectivity index (χ4v) is 6.30. The lowest BCUT2D eigenvalue weighted by Crippen LogP contribution is -2.42. The maximum absolute atomic E-state index is 10.7. The van der Waals surface area contributed by atoms with Crippen molar-refractivity contribution >= 4 is 28.6 Å². The molecule has 2 aromatic heterocycles. The van der Waals surface area contributed by atoms with Crippen LogP contribution in [0, 0.1) is 23.2 Å². The molecule has 0 aliphatic heterocycles. The molecule has 4 aliphatic rings. The number of nitrogens with one attached hydrogen (secondary N) is 1. The van der Waals surface area contributed by atoms with Gasteiger partial charge in [0.25, 0.3) is 0 Å². The molecule has 0 amide bonds. The number of aliphatic hydroxyl groups excluding tert-OH is 3. The van der Waals surface area contributed by atoms with Crippen LogP contribution < -0.4 is 5.32 Å². The van der Waals surface area contributed by atoms with E-state index in [4.69, 9.17) is 11.6 Å². The molecule has 4 saturated carbocycles. The van der Waals surface area contributed by atoms with Crippen LogP contribution in [-0.2, 0) is 0 Å². The third-order valence-corrected chi connectivity index (χ3v) is 8.65. The van der Waals surface area contributed by atoms with E-state index in [2.05, 4.69) is 20.3 Å². The van der Waals surface area contributed by atoms with E-state index in [1.165, 1.54) is 38.5 Å². The summed E-state index contributed by atoms with van der Waals surface area (Å²) >= 11 is 6.31. The average Bonchev–Trinajstić information content (AvgIpc) is 3.16. The number of aliphatic hydroxyl groups is 3. The van der Waals surface area contributed by atoms with Crippen molar-refractivity contribution in [2.45, 2.75) is 69.2 Å². The van der Waals surface area contributed by atoms with Crippen molar-refractivity contribution in [1.82, 2.24) is 19.5 Å². The van der Waals surface area contributed by atoms with Crippen LogP contribution in [0.2, 0.25) is 5.28 Å². The minimum Gasteiger partial charge on any atom is -0.396 e. The van der Waals surface area contributed by atoms with E-state index in [0.29, 0.717) is 41.3 Å². The molecule has 4 aliphatic carbocycles. The highest BCUT2D eigenvalue weighted by atomic mass is 35.5. The molecule has 0 saturated heterocycles. The molecule has 4 fully saturated rings. The SMILES string of the molecule is OC[C@@]12CC1[C@@H](n1cnc3c(NC(C4CCC4)C4CCC4)nc(Cl)nc31)[C@H](O)C2O. The molecule has 4 N–H and O–H groups in total. The van der Waals surface area contributed by atoms with Gasteiger partial charge in [-0.05, 0) is 61.5 Å². The number of nitrogens with zero attached hydrogens (tertiary/aromatic N) is 4. The quantitative estimate of drug-likeness (QED) is 0.515. The van der Waals surface area contributed by atoms with Gasteiger partial charge >= 0.3 is 0 Å². The smallest absolute Gasteiger partial charge is 0.226 e. The van der Waals surface area contributed by atoms with Gasteiger partial charge in [-0.2, -0.15) is 9.97 Å². The third-order valence-electron chi connectivity index (χ3n) is 8.48. The fourth-order valence-electron chi connectivity index (χ4n) is 6.14. The first kappa shape index (κ1) is 19.2. The molecular weight excluding hydrogens is 406 g/mol. The summed E-state index contributed by atoms with van der Waals surface area (Å²) in [6.45, 7) is -0.133. The topological polar surface area (TPSA) is 116 Å². The Morgan fingerprint density at radius 2 is 1.87 bits per heavy atom. The Labute approximate surface area is 179 Å². The Morgan fingerprint density at radius 3 is 2.43 bits per heavy atom. The minimum absolute atomic E-state index is 0.00671. The summed E-state index contributed by atoms with van der Waals surface area (Å²) in [5, 5.41) is 34.8. The highest BCUT2D eigenvalue weighted by Crippen LogP contribution is 2.67. The standard InChI is InChI=1S/C21H28ClN5O3/c22-20-25-18(24-13(10-3-1-4-10)11-5-2-6-11)14-19(26-20)27(9-23-14)15-12-7-21(12,8-28)17(30)16(15)29/h9-13,15-17,28-30H,1-8H2,(H,24,25,26)/t12?,15-,16+,17?,21+/m1/s1. The van der Waals surface area contributed by atoms with Gasteiger partial charge < -0.3 is 25.2 Å². The molecule has 8 nitrogen and oxygen atoms in total. The van der Waals surface area contributed by atoms with E-state index in [1.54, 1.807) is 6.33 Å². The molecule has 0 bridgehead atoms. The van der Waals surface area contributed by atoms with Crippen molar-refractivity contribution in [2.24, 2.45) is 23.2 Å². The van der Waals surface area contributed by atoms with Gasteiger partial charge in [0.15, 0.2) is 17.0 Å². The molecule has 9 heteroatoms. The van der Waals surface area contributed by atoms with Crippen LogP contribution in [-0.4, -0.2) is 59.7 Å². The van der Waals surface area contributed by atoms with E-state index in [-0.39, 0.29) is 23.9 Å². The zero-order valence-corrected chi connectivity index (χ0v) is 17.5. The largest absolute Gasteiger partial charge is 0.396 e. The first-order valence-electron chi connectivity index (χ1n) is 11.2. The van der Waals surface area contributed by atoms with E-state index in [1.807, 2.05) is 4.57 Å². The van der Waals surface area contributed by atoms with Crippen molar-refractivity contribution in [3.63, 3.8) is 0 Å². The Kier molecular flexibility index (Phi) is 4.33. The first-order valence-corrected chi connectivity index (χ1v) is 11.5. The molecule has 2 aromatic rings. The maximum Gasteiger partial charge on any atom is 0.226 e. The normalized spacial score (nSPS) is 36.0. The van der Waals surface area contributed by atoms with Crippen LogP contribution in [0.5, 0.6) is 0 Å². The number of aromatic nitrogens is 4. The Bertz CT molecular complexity index is 963. The second-order valence-corrected chi connectivity index (χ2v) is 10.2. The van der Waals surface area contributed by atoms with Gasteiger partial charge in [-0.3, -0.25) is 0 Å². The first-order chi connectivity index (χ1) is 14.5. The maximum atomic E-state index is 10.7. The summed E-state index contributed by atoms with van der Waals surface area (Å²) < 4.78 is 1.82. The summed E-state index contributed by atoms with van der Waals surface area (Å²) in [5.74, 6) is 1.99. The molecule has 5 atom stereocenters. The number of hydrogen-bond acceptors (Lipinski definition) is 7. The number of halogens is 1. The average molecular weight is 434 g/mol. The molecule has 2 unspecified atom stereocenters. The van der Waals surface area contributed by atoms with E-state index in [9.17, 15) is 15.3 Å². The van der Waals surface area contributed by atoms with Gasteiger partial charge in [-0.25, -0.2) is 4.98 Å². The molecule has 6 rings (SSSR count). The monoisotopic (exact) mass is 433 g/mol. The Morgan fingerprint density at radius 1 is 1.17 bits per heavy atom. The zero-order chi connectivity index (χ0) is 20.6. The van der Waals surface area contributed by atoms with Crippen LogP contribution in [0.25, 0.3) is 11.2 Å². The van der Waals surface area contributed by atoms with Crippen molar-refractivity contribution in [3.8, 4) is 0 Å². The Hall–Kier alpha value is -1.48. The van der Waals surface area contributed by atoms with Crippen LogP contribution >= 0.6 is 11.6 Å². The second kappa shape index (κ2) is 6.76. The molecule has 30 heavy (non-hydrogen) atoms. The molecule has 0 spiro atoms. The molecule has 0 aromatic carbocycles. The number of rotatable bonds is 6. The van der Waals surface area contributed by atoms with Crippen molar-refractivity contribution in [2.75, 3.05) is 11.9 Å². The van der Waals surface area contributed by atoms with Crippen LogP contribution in [0.3, 0.4) is 0 Å². The van der Waals surface area contributed by atoms with Crippen molar-refractivity contribution in [1.29, 1.82) is 0 Å². The summed E-state index contributed by atoms with van der Waals surface area (Å²) in [6.07, 6.45) is 8.01. The van der Waals surface area contributed by atoms with Gasteiger partial charge in [-0.1, -0.05) is 12.8 Å². The molecule has 2 heterocycles. The Balaban J connectivity index is 1.36. The summed E-state index contributed by atoms with van der Waals surface area (Å²) in [6, 6.07) is 0.00112. The summed E-state index contributed by atoms with van der Waals surface area (Å²) in [4.78, 5) is 13.5. The fraction of sp³-hybridized carbons (Fsp3) is 0.762. The zero-order valence-electron chi connectivity index (χ0n) is 16.8. The lowest BCUT2D eigenvalue weighted by molar-refractivity contribution is -0.0300. The van der Waals surface area contributed by atoms with E-state index in [0.717, 1.165) is 0 Å². The molecule has 162 valence electrons. The minimum atomic E-state index is -0.976. The highest BCUT2D eigenvalue weighted by Gasteiger charge is 2.71. The number of fused-ring (bicyclic) bond motifs is 2. The summed E-state index contributed by atoms with van der Waals surface area (Å²) in [7, 11) is 0. The lowest BCUT2D eigenvalue weighted by Gasteiger charge is -2.43. The van der Waals surface area contributed by atoms with Gasteiger partial charge in [0.05, 0.1) is 25.1 Å². The summed E-state index contributed by atoms with van der Waals surface area (Å²) in [5.41, 5.74) is 0.597. The van der Waals surface area contributed by atoms with E-state index >= 15 is 0 Å².